The maximum atomic E-state index is 12.6. The molecule has 228 valence electrons. The highest BCUT2D eigenvalue weighted by molar-refractivity contribution is 5.91. The van der Waals surface area contributed by atoms with Gasteiger partial charge in [-0.1, -0.05) is 52.0 Å². The first-order valence-corrected chi connectivity index (χ1v) is 14.6. The molecule has 0 amide bonds. The Hall–Kier alpha value is -4.19. The Labute approximate surface area is 254 Å². The molecular formula is C35H41NO7. The zero-order chi connectivity index (χ0) is 31.0. The summed E-state index contributed by atoms with van der Waals surface area (Å²) in [4.78, 5) is 24.8. The van der Waals surface area contributed by atoms with Crippen molar-refractivity contribution in [2.24, 2.45) is 17.8 Å². The maximum Gasteiger partial charge on any atom is 0.343 e. The second kappa shape index (κ2) is 17.7. The molecule has 8 heteroatoms. The zero-order valence-corrected chi connectivity index (χ0v) is 25.4. The Morgan fingerprint density at radius 2 is 1.23 bits per heavy atom. The lowest BCUT2D eigenvalue weighted by molar-refractivity contribution is -0.152. The molecule has 3 aromatic carbocycles. The molecule has 0 aliphatic carbocycles. The number of carbonyl (C=O) groups is 2. The summed E-state index contributed by atoms with van der Waals surface area (Å²) < 4.78 is 27.6. The number of ether oxygens (including phenoxy) is 5. The van der Waals surface area contributed by atoms with E-state index in [0.717, 1.165) is 17.5 Å². The van der Waals surface area contributed by atoms with Gasteiger partial charge in [0.05, 0.1) is 49.5 Å². The summed E-state index contributed by atoms with van der Waals surface area (Å²) in [5.41, 5.74) is 2.93. The monoisotopic (exact) mass is 587 g/mol. The lowest BCUT2D eigenvalue weighted by Gasteiger charge is -2.21. The van der Waals surface area contributed by atoms with E-state index in [4.69, 9.17) is 28.9 Å². The molecular weight excluding hydrogens is 546 g/mol. The third-order valence-electron chi connectivity index (χ3n) is 6.68. The highest BCUT2D eigenvalue weighted by Crippen LogP contribution is 2.24. The number of hydrogen-bond acceptors (Lipinski definition) is 8. The third-order valence-corrected chi connectivity index (χ3v) is 6.68. The Morgan fingerprint density at radius 1 is 0.698 bits per heavy atom. The van der Waals surface area contributed by atoms with Crippen molar-refractivity contribution in [3.63, 3.8) is 0 Å². The van der Waals surface area contributed by atoms with Gasteiger partial charge in [0.2, 0.25) is 0 Å². The molecule has 1 unspecified atom stereocenters. The van der Waals surface area contributed by atoms with E-state index in [1.165, 1.54) is 0 Å². The second-order valence-corrected chi connectivity index (χ2v) is 10.8. The number of carbonyl (C=O) groups excluding carboxylic acids is 2. The van der Waals surface area contributed by atoms with Crippen molar-refractivity contribution in [3.05, 3.63) is 83.9 Å². The maximum absolute atomic E-state index is 12.6. The van der Waals surface area contributed by atoms with Crippen LogP contribution in [0.3, 0.4) is 0 Å². The highest BCUT2D eigenvalue weighted by atomic mass is 16.6. The van der Waals surface area contributed by atoms with E-state index in [1.54, 1.807) is 48.5 Å². The Kier molecular flexibility index (Phi) is 13.7. The van der Waals surface area contributed by atoms with Crippen LogP contribution in [-0.2, 0) is 19.0 Å². The molecule has 3 rings (SSSR count). The molecule has 8 nitrogen and oxygen atoms in total. The van der Waals surface area contributed by atoms with Crippen molar-refractivity contribution < 1.29 is 33.3 Å². The first kappa shape index (κ1) is 33.3. The van der Waals surface area contributed by atoms with Crippen molar-refractivity contribution in [1.29, 1.82) is 5.26 Å². The molecule has 0 saturated carbocycles. The molecule has 0 aliphatic rings. The van der Waals surface area contributed by atoms with Crippen LogP contribution in [0.4, 0.5) is 0 Å². The molecule has 0 bridgehead atoms. The fraction of sp³-hybridized carbons (Fsp3) is 0.400. The minimum atomic E-state index is -0.467. The number of nitrogens with zero attached hydrogens (tertiary/aromatic N) is 1. The van der Waals surface area contributed by atoms with E-state index >= 15 is 0 Å². The van der Waals surface area contributed by atoms with Crippen LogP contribution in [0.1, 0.15) is 50.0 Å². The number of esters is 2. The number of benzene rings is 3. The zero-order valence-electron chi connectivity index (χ0n) is 25.4. The molecule has 0 aromatic heterocycles. The molecule has 0 heterocycles. The van der Waals surface area contributed by atoms with Crippen molar-refractivity contribution in [2.75, 3.05) is 39.6 Å². The fourth-order valence-electron chi connectivity index (χ4n) is 4.30. The number of hydrogen-bond donors (Lipinski definition) is 0. The van der Waals surface area contributed by atoms with Gasteiger partial charge in [-0.3, -0.25) is 4.79 Å². The summed E-state index contributed by atoms with van der Waals surface area (Å²) in [6.07, 6.45) is 0.822. The Balaban J connectivity index is 1.27. The van der Waals surface area contributed by atoms with Gasteiger partial charge >= 0.3 is 11.9 Å². The van der Waals surface area contributed by atoms with E-state index < -0.39 is 5.97 Å². The molecule has 0 saturated heterocycles. The van der Waals surface area contributed by atoms with Crippen LogP contribution in [0.25, 0.3) is 11.1 Å². The van der Waals surface area contributed by atoms with Gasteiger partial charge in [0.1, 0.15) is 24.7 Å². The van der Waals surface area contributed by atoms with Crippen LogP contribution in [0.2, 0.25) is 0 Å². The van der Waals surface area contributed by atoms with Gasteiger partial charge in [-0.15, -0.1) is 0 Å². The number of nitriles is 1. The predicted octanol–water partition coefficient (Wildman–Crippen LogP) is 6.72. The topological polar surface area (TPSA) is 104 Å². The van der Waals surface area contributed by atoms with Crippen molar-refractivity contribution in [1.82, 2.24) is 0 Å². The van der Waals surface area contributed by atoms with Crippen LogP contribution in [0, 0.1) is 29.1 Å². The lowest BCUT2D eigenvalue weighted by Crippen LogP contribution is -2.25. The standard InChI is InChI=1S/C35H41NO7/c1-25(2)23-33(26(3)4)35(38)42-22-20-40-18-17-39-19-21-41-31-13-11-30(12-14-31)34(37)43-32-15-9-29(10-16-32)28-7-5-27(24-36)6-8-28/h5-16,25-26,33H,17-23H2,1-4H3. The van der Waals surface area contributed by atoms with Crippen molar-refractivity contribution in [3.8, 4) is 28.7 Å². The van der Waals surface area contributed by atoms with Gasteiger partial charge in [0, 0.05) is 0 Å². The minimum Gasteiger partial charge on any atom is -0.491 e. The molecule has 0 radical (unpaired) electrons. The quantitative estimate of drug-likeness (QED) is 0.0974. The van der Waals surface area contributed by atoms with Crippen molar-refractivity contribution >= 4 is 11.9 Å². The fourth-order valence-corrected chi connectivity index (χ4v) is 4.30. The van der Waals surface area contributed by atoms with Gasteiger partial charge in [-0.2, -0.15) is 5.26 Å². The van der Waals surface area contributed by atoms with Gasteiger partial charge in [0.15, 0.2) is 0 Å². The SMILES string of the molecule is CC(C)CC(C(=O)OCCOCCOCCOc1ccc(C(=O)Oc2ccc(-c3ccc(C#N)cc3)cc2)cc1)C(C)C. The molecule has 0 fully saturated rings. The highest BCUT2D eigenvalue weighted by Gasteiger charge is 2.24. The normalized spacial score (nSPS) is 11.7. The molecule has 1 atom stereocenters. The second-order valence-electron chi connectivity index (χ2n) is 10.8. The third kappa shape index (κ3) is 11.5. The van der Waals surface area contributed by atoms with E-state index in [1.807, 2.05) is 38.1 Å². The minimum absolute atomic E-state index is 0.0841. The van der Waals surface area contributed by atoms with Gasteiger partial charge < -0.3 is 23.7 Å². The molecule has 0 spiro atoms. The predicted molar refractivity (Wildman–Crippen MR) is 164 cm³/mol. The molecule has 0 aliphatic heterocycles. The van der Waals surface area contributed by atoms with Crippen molar-refractivity contribution in [2.45, 2.75) is 34.1 Å². The van der Waals surface area contributed by atoms with E-state index in [-0.39, 0.29) is 24.4 Å². The smallest absolute Gasteiger partial charge is 0.343 e. The van der Waals surface area contributed by atoms with Gasteiger partial charge in [-0.05, 0) is 77.9 Å². The summed E-state index contributed by atoms with van der Waals surface area (Å²) in [6.45, 7) is 10.4. The summed E-state index contributed by atoms with van der Waals surface area (Å²) in [5.74, 6) is 1.04. The number of rotatable bonds is 17. The largest absolute Gasteiger partial charge is 0.491 e. The molecule has 0 N–H and O–H groups in total. The summed E-state index contributed by atoms with van der Waals surface area (Å²) in [6, 6.07) is 23.3. The average molecular weight is 588 g/mol. The van der Waals surface area contributed by atoms with Crippen LogP contribution >= 0.6 is 0 Å². The average Bonchev–Trinajstić information content (AvgIpc) is 3.01. The van der Waals surface area contributed by atoms with E-state index in [9.17, 15) is 9.59 Å². The first-order valence-electron chi connectivity index (χ1n) is 14.6. The Bertz CT molecular complexity index is 1310. The van der Waals surface area contributed by atoms with Crippen LogP contribution in [-0.4, -0.2) is 51.6 Å². The summed E-state index contributed by atoms with van der Waals surface area (Å²) in [5, 5.41) is 8.94. The summed E-state index contributed by atoms with van der Waals surface area (Å²) in [7, 11) is 0. The Morgan fingerprint density at radius 3 is 1.79 bits per heavy atom. The lowest BCUT2D eigenvalue weighted by atomic mass is 9.88. The summed E-state index contributed by atoms with van der Waals surface area (Å²) >= 11 is 0. The first-order chi connectivity index (χ1) is 20.8. The van der Waals surface area contributed by atoms with Crippen LogP contribution in [0.5, 0.6) is 11.5 Å². The van der Waals surface area contributed by atoms with Gasteiger partial charge in [0.25, 0.3) is 0 Å². The molecule has 43 heavy (non-hydrogen) atoms. The van der Waals surface area contributed by atoms with Gasteiger partial charge in [-0.25, -0.2) is 4.79 Å². The molecule has 3 aromatic rings. The van der Waals surface area contributed by atoms with E-state index in [0.29, 0.717) is 61.6 Å². The van der Waals surface area contributed by atoms with Crippen LogP contribution < -0.4 is 9.47 Å². The van der Waals surface area contributed by atoms with Crippen LogP contribution in [0.15, 0.2) is 72.8 Å². The van der Waals surface area contributed by atoms with E-state index in [2.05, 4.69) is 19.9 Å².